The number of rotatable bonds is 2. The van der Waals surface area contributed by atoms with E-state index in [4.69, 9.17) is 0 Å². The van der Waals surface area contributed by atoms with Crippen molar-refractivity contribution in [2.75, 3.05) is 6.54 Å². The summed E-state index contributed by atoms with van der Waals surface area (Å²) >= 11 is 0. The minimum atomic E-state index is -0.349. The molecule has 1 heterocycles. The fourth-order valence-corrected chi connectivity index (χ4v) is 2.38. The van der Waals surface area contributed by atoms with Crippen molar-refractivity contribution in [3.8, 4) is 0 Å². The molecule has 0 bridgehead atoms. The highest BCUT2D eigenvalue weighted by molar-refractivity contribution is 6.04. The molecule has 0 aliphatic carbocycles. The van der Waals surface area contributed by atoms with Crippen LogP contribution in [0.5, 0.6) is 0 Å². The zero-order chi connectivity index (χ0) is 11.8. The second-order valence-corrected chi connectivity index (χ2v) is 4.94. The molecule has 1 fully saturated rings. The van der Waals surface area contributed by atoms with Gasteiger partial charge in [0.05, 0.1) is 5.54 Å². The largest absolute Gasteiger partial charge is 0.305 e. The van der Waals surface area contributed by atoms with Crippen LogP contribution in [0.15, 0.2) is 18.2 Å². The smallest absolute Gasteiger partial charge is 0.182 e. The molecule has 1 aromatic rings. The molecule has 2 rings (SSSR count). The molecule has 1 aromatic carbocycles. The van der Waals surface area contributed by atoms with Crippen LogP contribution in [-0.4, -0.2) is 17.9 Å². The standard InChI is InChI=1S/C14H19NO/c1-10-6-4-7-12(11(10)2)13(16)14(3)8-5-9-15-14/h4,6-7,15H,5,8-9H2,1-3H3. The van der Waals surface area contributed by atoms with E-state index in [9.17, 15) is 4.79 Å². The number of hydrogen-bond acceptors (Lipinski definition) is 2. The van der Waals surface area contributed by atoms with Gasteiger partial charge in [-0.15, -0.1) is 0 Å². The SMILES string of the molecule is Cc1cccc(C(=O)C2(C)CCCN2)c1C. The summed E-state index contributed by atoms with van der Waals surface area (Å²) in [6.45, 7) is 7.05. The third kappa shape index (κ3) is 1.78. The van der Waals surface area contributed by atoms with Crippen LogP contribution >= 0.6 is 0 Å². The Morgan fingerprint density at radius 3 is 2.75 bits per heavy atom. The molecule has 86 valence electrons. The monoisotopic (exact) mass is 217 g/mol. The Labute approximate surface area is 97.1 Å². The molecule has 0 saturated carbocycles. The summed E-state index contributed by atoms with van der Waals surface area (Å²) in [5.41, 5.74) is 2.82. The lowest BCUT2D eigenvalue weighted by Crippen LogP contribution is -2.44. The molecule has 0 amide bonds. The van der Waals surface area contributed by atoms with Gasteiger partial charge < -0.3 is 5.32 Å². The molecule has 2 heteroatoms. The Morgan fingerprint density at radius 1 is 1.38 bits per heavy atom. The molecule has 1 aliphatic heterocycles. The average Bonchev–Trinajstić information content (AvgIpc) is 2.70. The van der Waals surface area contributed by atoms with Crippen molar-refractivity contribution in [1.82, 2.24) is 5.32 Å². The Balaban J connectivity index is 2.37. The van der Waals surface area contributed by atoms with Crippen molar-refractivity contribution in [3.05, 3.63) is 34.9 Å². The van der Waals surface area contributed by atoms with E-state index in [1.807, 2.05) is 26.0 Å². The lowest BCUT2D eigenvalue weighted by molar-refractivity contribution is 0.0883. The van der Waals surface area contributed by atoms with Crippen molar-refractivity contribution < 1.29 is 4.79 Å². The fraction of sp³-hybridized carbons (Fsp3) is 0.500. The summed E-state index contributed by atoms with van der Waals surface area (Å²) in [5.74, 6) is 0.242. The molecule has 0 spiro atoms. The molecule has 1 saturated heterocycles. The van der Waals surface area contributed by atoms with Crippen LogP contribution in [-0.2, 0) is 0 Å². The molecule has 16 heavy (non-hydrogen) atoms. The van der Waals surface area contributed by atoms with Crippen LogP contribution in [0.25, 0.3) is 0 Å². The van der Waals surface area contributed by atoms with E-state index in [1.165, 1.54) is 5.56 Å². The van der Waals surface area contributed by atoms with Crippen LogP contribution in [0.4, 0.5) is 0 Å². The van der Waals surface area contributed by atoms with Crippen LogP contribution in [0.2, 0.25) is 0 Å². The molecular formula is C14H19NO. The summed E-state index contributed by atoms with van der Waals surface area (Å²) in [6, 6.07) is 5.96. The van der Waals surface area contributed by atoms with Crippen LogP contribution < -0.4 is 5.32 Å². The van der Waals surface area contributed by atoms with Gasteiger partial charge in [0.2, 0.25) is 0 Å². The Hall–Kier alpha value is -1.15. The van der Waals surface area contributed by atoms with Crippen molar-refractivity contribution >= 4 is 5.78 Å². The van der Waals surface area contributed by atoms with E-state index in [0.29, 0.717) is 0 Å². The number of benzene rings is 1. The first kappa shape index (κ1) is 11.3. The lowest BCUT2D eigenvalue weighted by atomic mass is 9.87. The van der Waals surface area contributed by atoms with Gasteiger partial charge in [-0.25, -0.2) is 0 Å². The highest BCUT2D eigenvalue weighted by atomic mass is 16.1. The van der Waals surface area contributed by atoms with Gasteiger partial charge in [0, 0.05) is 5.56 Å². The lowest BCUT2D eigenvalue weighted by Gasteiger charge is -2.23. The molecule has 2 nitrogen and oxygen atoms in total. The Bertz CT molecular complexity index is 417. The molecule has 1 aliphatic rings. The third-order valence-electron chi connectivity index (χ3n) is 3.72. The Morgan fingerprint density at radius 2 is 2.12 bits per heavy atom. The number of carbonyl (C=O) groups excluding carboxylic acids is 1. The topological polar surface area (TPSA) is 29.1 Å². The number of hydrogen-bond donors (Lipinski definition) is 1. The van der Waals surface area contributed by atoms with Crippen LogP contribution in [0.3, 0.4) is 0 Å². The van der Waals surface area contributed by atoms with E-state index >= 15 is 0 Å². The molecule has 1 unspecified atom stereocenters. The van der Waals surface area contributed by atoms with E-state index in [2.05, 4.69) is 18.3 Å². The maximum Gasteiger partial charge on any atom is 0.182 e. The summed E-state index contributed by atoms with van der Waals surface area (Å²) in [6.07, 6.45) is 2.03. The minimum absolute atomic E-state index is 0.242. The first-order chi connectivity index (χ1) is 7.54. The maximum absolute atomic E-state index is 12.5. The molecule has 1 atom stereocenters. The number of carbonyl (C=O) groups is 1. The summed E-state index contributed by atoms with van der Waals surface area (Å²) < 4.78 is 0. The maximum atomic E-state index is 12.5. The molecular weight excluding hydrogens is 198 g/mol. The summed E-state index contributed by atoms with van der Waals surface area (Å²) in [7, 11) is 0. The number of nitrogens with one attached hydrogen (secondary N) is 1. The van der Waals surface area contributed by atoms with Crippen LogP contribution in [0, 0.1) is 13.8 Å². The Kier molecular flexibility index (Phi) is 2.85. The quantitative estimate of drug-likeness (QED) is 0.772. The van der Waals surface area contributed by atoms with E-state index in [1.54, 1.807) is 0 Å². The summed E-state index contributed by atoms with van der Waals surface area (Å²) in [4.78, 5) is 12.5. The third-order valence-corrected chi connectivity index (χ3v) is 3.72. The zero-order valence-corrected chi connectivity index (χ0v) is 10.3. The predicted molar refractivity (Wildman–Crippen MR) is 65.9 cm³/mol. The first-order valence-electron chi connectivity index (χ1n) is 5.91. The van der Waals surface area contributed by atoms with Gasteiger partial charge in [0.1, 0.15) is 0 Å². The second-order valence-electron chi connectivity index (χ2n) is 4.94. The zero-order valence-electron chi connectivity index (χ0n) is 10.3. The van der Waals surface area contributed by atoms with Gasteiger partial charge in [-0.05, 0) is 51.3 Å². The van der Waals surface area contributed by atoms with Gasteiger partial charge in [0.25, 0.3) is 0 Å². The molecule has 1 N–H and O–H groups in total. The van der Waals surface area contributed by atoms with Gasteiger partial charge in [0.15, 0.2) is 5.78 Å². The number of Topliss-reactive ketones (excluding diaryl/α,β-unsaturated/α-hetero) is 1. The average molecular weight is 217 g/mol. The van der Waals surface area contributed by atoms with Gasteiger partial charge in [-0.3, -0.25) is 4.79 Å². The minimum Gasteiger partial charge on any atom is -0.305 e. The first-order valence-corrected chi connectivity index (χ1v) is 5.91. The predicted octanol–water partition coefficient (Wildman–Crippen LogP) is 2.63. The van der Waals surface area contributed by atoms with E-state index in [0.717, 1.165) is 30.5 Å². The van der Waals surface area contributed by atoms with Gasteiger partial charge >= 0.3 is 0 Å². The van der Waals surface area contributed by atoms with Crippen molar-refractivity contribution in [3.63, 3.8) is 0 Å². The van der Waals surface area contributed by atoms with E-state index in [-0.39, 0.29) is 11.3 Å². The highest BCUT2D eigenvalue weighted by Gasteiger charge is 2.36. The highest BCUT2D eigenvalue weighted by Crippen LogP contribution is 2.25. The fourth-order valence-electron chi connectivity index (χ4n) is 2.38. The summed E-state index contributed by atoms with van der Waals surface area (Å²) in [5, 5.41) is 3.33. The van der Waals surface area contributed by atoms with E-state index < -0.39 is 0 Å². The molecule has 0 aromatic heterocycles. The van der Waals surface area contributed by atoms with Crippen molar-refractivity contribution in [2.24, 2.45) is 0 Å². The number of ketones is 1. The van der Waals surface area contributed by atoms with Crippen molar-refractivity contribution in [2.45, 2.75) is 39.2 Å². The van der Waals surface area contributed by atoms with Gasteiger partial charge in [-0.1, -0.05) is 18.2 Å². The van der Waals surface area contributed by atoms with Crippen LogP contribution in [0.1, 0.15) is 41.3 Å². The second kappa shape index (κ2) is 4.02. The number of aryl methyl sites for hydroxylation is 1. The molecule has 0 radical (unpaired) electrons. The van der Waals surface area contributed by atoms with Gasteiger partial charge in [-0.2, -0.15) is 0 Å². The normalized spacial score (nSPS) is 24.7. The van der Waals surface area contributed by atoms with Crippen molar-refractivity contribution in [1.29, 1.82) is 0 Å².